The summed E-state index contributed by atoms with van der Waals surface area (Å²) in [5.41, 5.74) is -0.442. The Morgan fingerprint density at radius 1 is 1.15 bits per heavy atom. The third-order valence-corrected chi connectivity index (χ3v) is 2.88. The molecule has 2 amide bonds. The summed E-state index contributed by atoms with van der Waals surface area (Å²) in [5.74, 6) is -2.47. The number of carboxylic acids is 1. The summed E-state index contributed by atoms with van der Waals surface area (Å²) >= 11 is 0. The number of hydrogen-bond donors (Lipinski definition) is 1. The normalized spacial score (nSPS) is 15.8. The Kier molecular flexibility index (Phi) is 3.62. The minimum atomic E-state index is -1.47. The quantitative estimate of drug-likeness (QED) is 0.504. The molecule has 2 rings (SSSR count). The van der Waals surface area contributed by atoms with Crippen molar-refractivity contribution in [2.24, 2.45) is 0 Å². The monoisotopic (exact) mass is 270 g/mol. The van der Waals surface area contributed by atoms with E-state index in [0.717, 1.165) is 4.90 Å². The fourth-order valence-corrected chi connectivity index (χ4v) is 2.01. The first kappa shape index (κ1) is 13.5. The molecular weight excluding hydrogens is 260 g/mol. The zero-order valence-electron chi connectivity index (χ0n) is 10.4. The predicted octanol–water partition coefficient (Wildman–Crippen LogP) is 1.15. The van der Waals surface area contributed by atoms with E-state index >= 15 is 0 Å². The molecule has 0 aromatic heterocycles. The molecule has 100 valence electrons. The second kappa shape index (κ2) is 5.36. The molecule has 6 nitrogen and oxygen atoms in total. The van der Waals surface area contributed by atoms with Gasteiger partial charge in [-0.15, -0.1) is 0 Å². The van der Waals surface area contributed by atoms with Crippen LogP contribution < -0.4 is 0 Å². The van der Waals surface area contributed by atoms with Crippen LogP contribution in [0.1, 0.15) is 18.4 Å². The van der Waals surface area contributed by atoms with Gasteiger partial charge in [-0.2, -0.15) is 5.26 Å². The number of rotatable bonds is 3. The predicted molar refractivity (Wildman–Crippen MR) is 67.7 cm³/mol. The highest BCUT2D eigenvalue weighted by atomic mass is 16.4. The summed E-state index contributed by atoms with van der Waals surface area (Å²) in [7, 11) is 0. The summed E-state index contributed by atoms with van der Waals surface area (Å²) in [6.45, 7) is 0. The van der Waals surface area contributed by atoms with Crippen LogP contribution in [0.15, 0.2) is 35.9 Å². The zero-order valence-corrected chi connectivity index (χ0v) is 10.4. The number of carbonyl (C=O) groups is 3. The van der Waals surface area contributed by atoms with Gasteiger partial charge in [0.2, 0.25) is 11.8 Å². The molecule has 20 heavy (non-hydrogen) atoms. The summed E-state index contributed by atoms with van der Waals surface area (Å²) < 4.78 is 0. The first-order chi connectivity index (χ1) is 9.56. The first-order valence-corrected chi connectivity index (χ1v) is 5.85. The SMILES string of the molecule is N#CC(C(=O)O)=C(c1ccccc1)N1C(=O)CCC1=O. The van der Waals surface area contributed by atoms with E-state index in [1.54, 1.807) is 36.4 Å². The molecule has 0 saturated carbocycles. The number of hydrogen-bond acceptors (Lipinski definition) is 4. The third-order valence-electron chi connectivity index (χ3n) is 2.88. The van der Waals surface area contributed by atoms with Crippen molar-refractivity contribution in [3.05, 3.63) is 41.5 Å². The summed E-state index contributed by atoms with van der Waals surface area (Å²) in [6, 6.07) is 9.63. The molecule has 0 radical (unpaired) electrons. The van der Waals surface area contributed by atoms with Gasteiger partial charge < -0.3 is 5.11 Å². The lowest BCUT2D eigenvalue weighted by Crippen LogP contribution is -2.29. The van der Waals surface area contributed by atoms with Gasteiger partial charge in [0, 0.05) is 18.4 Å². The molecule has 1 heterocycles. The smallest absolute Gasteiger partial charge is 0.348 e. The lowest BCUT2D eigenvalue weighted by atomic mass is 10.1. The van der Waals surface area contributed by atoms with Gasteiger partial charge in [-0.05, 0) is 0 Å². The number of nitriles is 1. The summed E-state index contributed by atoms with van der Waals surface area (Å²) in [5, 5.41) is 18.1. The number of aliphatic carboxylic acids is 1. The Morgan fingerprint density at radius 2 is 1.70 bits per heavy atom. The van der Waals surface area contributed by atoms with Crippen molar-refractivity contribution in [1.29, 1.82) is 5.26 Å². The second-order valence-electron chi connectivity index (χ2n) is 4.13. The molecule has 6 heteroatoms. The van der Waals surface area contributed by atoms with E-state index in [1.165, 1.54) is 0 Å². The highest BCUT2D eigenvalue weighted by Gasteiger charge is 2.35. The molecule has 0 spiro atoms. The van der Waals surface area contributed by atoms with Crippen molar-refractivity contribution >= 4 is 23.5 Å². The van der Waals surface area contributed by atoms with Crippen LogP contribution in [-0.2, 0) is 14.4 Å². The molecular formula is C14H10N2O4. The molecule has 0 bridgehead atoms. The molecule has 0 aliphatic carbocycles. The Hall–Kier alpha value is -2.94. The second-order valence-corrected chi connectivity index (χ2v) is 4.13. The van der Waals surface area contributed by atoms with Crippen molar-refractivity contribution in [1.82, 2.24) is 4.90 Å². The van der Waals surface area contributed by atoms with E-state index in [-0.39, 0.29) is 18.5 Å². The Balaban J connectivity index is 2.69. The molecule has 1 aromatic rings. The van der Waals surface area contributed by atoms with Crippen molar-refractivity contribution in [3.8, 4) is 6.07 Å². The van der Waals surface area contributed by atoms with Crippen molar-refractivity contribution < 1.29 is 19.5 Å². The van der Waals surface area contributed by atoms with Crippen LogP contribution >= 0.6 is 0 Å². The zero-order chi connectivity index (χ0) is 14.7. The number of nitrogens with zero attached hydrogens (tertiary/aromatic N) is 2. The van der Waals surface area contributed by atoms with Gasteiger partial charge in [0.05, 0.1) is 5.70 Å². The molecule has 0 unspecified atom stereocenters. The van der Waals surface area contributed by atoms with Gasteiger partial charge in [0.25, 0.3) is 0 Å². The maximum Gasteiger partial charge on any atom is 0.348 e. The molecule has 1 N–H and O–H groups in total. The van der Waals surface area contributed by atoms with Gasteiger partial charge in [-0.25, -0.2) is 9.69 Å². The Morgan fingerprint density at radius 3 is 2.15 bits per heavy atom. The number of likely N-dealkylation sites (tertiary alicyclic amines) is 1. The van der Waals surface area contributed by atoms with Crippen LogP contribution in [0.5, 0.6) is 0 Å². The highest BCUT2D eigenvalue weighted by Crippen LogP contribution is 2.28. The van der Waals surface area contributed by atoms with E-state index in [2.05, 4.69) is 0 Å². The number of benzene rings is 1. The van der Waals surface area contributed by atoms with E-state index in [9.17, 15) is 14.4 Å². The van der Waals surface area contributed by atoms with E-state index in [1.807, 2.05) is 0 Å². The Labute approximate surface area is 114 Å². The van der Waals surface area contributed by atoms with Crippen molar-refractivity contribution in [2.75, 3.05) is 0 Å². The third kappa shape index (κ3) is 2.29. The molecule has 1 aliphatic rings. The van der Waals surface area contributed by atoms with Crippen molar-refractivity contribution in [3.63, 3.8) is 0 Å². The van der Waals surface area contributed by atoms with Crippen LogP contribution in [0.25, 0.3) is 5.70 Å². The van der Waals surface area contributed by atoms with Gasteiger partial charge in [-0.3, -0.25) is 9.59 Å². The molecule has 1 saturated heterocycles. The largest absolute Gasteiger partial charge is 0.477 e. The fraction of sp³-hybridized carbons (Fsp3) is 0.143. The topological polar surface area (TPSA) is 98.5 Å². The summed E-state index contributed by atoms with van der Waals surface area (Å²) in [6.07, 6.45) is 0.0426. The van der Waals surface area contributed by atoms with E-state index < -0.39 is 23.4 Å². The number of carbonyl (C=O) groups excluding carboxylic acids is 2. The number of amides is 2. The lowest BCUT2D eigenvalue weighted by molar-refractivity contribution is -0.134. The van der Waals surface area contributed by atoms with Crippen LogP contribution in [0.4, 0.5) is 0 Å². The summed E-state index contributed by atoms with van der Waals surface area (Å²) in [4.78, 5) is 35.6. The molecule has 1 aliphatic heterocycles. The lowest BCUT2D eigenvalue weighted by Gasteiger charge is -2.19. The van der Waals surface area contributed by atoms with Gasteiger partial charge in [0.15, 0.2) is 5.57 Å². The Bertz CT molecular complexity index is 640. The van der Waals surface area contributed by atoms with E-state index in [4.69, 9.17) is 10.4 Å². The van der Waals surface area contributed by atoms with E-state index in [0.29, 0.717) is 5.56 Å². The standard InChI is InChI=1S/C14H10N2O4/c15-8-10(14(19)20)13(9-4-2-1-3-5-9)16-11(17)6-7-12(16)18/h1-5H,6-7H2,(H,19,20). The van der Waals surface area contributed by atoms with Crippen LogP contribution in [0.2, 0.25) is 0 Å². The van der Waals surface area contributed by atoms with Crippen LogP contribution in [0.3, 0.4) is 0 Å². The number of carboxylic acid groups (broad SMARTS) is 1. The van der Waals surface area contributed by atoms with Crippen molar-refractivity contribution in [2.45, 2.75) is 12.8 Å². The minimum Gasteiger partial charge on any atom is -0.477 e. The molecule has 1 fully saturated rings. The molecule has 1 aromatic carbocycles. The fourth-order valence-electron chi connectivity index (χ4n) is 2.01. The highest BCUT2D eigenvalue weighted by molar-refractivity contribution is 6.13. The number of imide groups is 1. The maximum absolute atomic E-state index is 11.8. The average Bonchev–Trinajstić information content (AvgIpc) is 2.76. The molecule has 0 atom stereocenters. The average molecular weight is 270 g/mol. The minimum absolute atomic E-state index is 0.0213. The maximum atomic E-state index is 11.8. The van der Waals surface area contributed by atoms with Crippen LogP contribution in [0, 0.1) is 11.3 Å². The first-order valence-electron chi connectivity index (χ1n) is 5.85. The van der Waals surface area contributed by atoms with Gasteiger partial charge in [-0.1, -0.05) is 30.3 Å². The van der Waals surface area contributed by atoms with Crippen LogP contribution in [-0.4, -0.2) is 27.8 Å². The van der Waals surface area contributed by atoms with Gasteiger partial charge >= 0.3 is 5.97 Å². The van der Waals surface area contributed by atoms with Gasteiger partial charge in [0.1, 0.15) is 6.07 Å².